The first-order valence-corrected chi connectivity index (χ1v) is 13.1. The van der Waals surface area contributed by atoms with E-state index in [4.69, 9.17) is 0 Å². The standard InChI is InChI=1S/C19H24N4OS4/c1-5-19(2,3)11-6-7-12-13(9-20)16(27-14(12)8-11)21-15(24)10-26-18-23-22-17(25-4)28-18/h11H,5-8,10H2,1-4H3,(H,21,24). The van der Waals surface area contributed by atoms with Crippen molar-refractivity contribution in [1.29, 1.82) is 5.26 Å². The molecule has 1 aliphatic carbocycles. The number of carbonyl (C=O) groups excluding carboxylic acids is 1. The number of rotatable bonds is 7. The second-order valence-electron chi connectivity index (χ2n) is 7.48. The maximum Gasteiger partial charge on any atom is 0.235 e. The number of aromatic nitrogens is 2. The van der Waals surface area contributed by atoms with Gasteiger partial charge >= 0.3 is 0 Å². The van der Waals surface area contributed by atoms with E-state index in [1.807, 2.05) is 6.26 Å². The second-order valence-corrected chi connectivity index (χ2v) is 11.8. The van der Waals surface area contributed by atoms with E-state index in [0.29, 0.717) is 21.9 Å². The topological polar surface area (TPSA) is 78.7 Å². The minimum absolute atomic E-state index is 0.105. The number of nitrogens with one attached hydrogen (secondary N) is 1. The Hall–Kier alpha value is -1.08. The summed E-state index contributed by atoms with van der Waals surface area (Å²) in [5, 5.41) is 21.4. The Bertz CT molecular complexity index is 896. The summed E-state index contributed by atoms with van der Waals surface area (Å²) in [6, 6.07) is 2.33. The van der Waals surface area contributed by atoms with E-state index in [0.717, 1.165) is 39.9 Å². The van der Waals surface area contributed by atoms with Crippen LogP contribution in [0.1, 0.15) is 49.6 Å². The molecular formula is C19H24N4OS4. The van der Waals surface area contributed by atoms with Crippen LogP contribution in [0.4, 0.5) is 5.00 Å². The normalized spacial score (nSPS) is 16.5. The van der Waals surface area contributed by atoms with Crippen molar-refractivity contribution >= 4 is 57.1 Å². The Morgan fingerprint density at radius 1 is 1.36 bits per heavy atom. The van der Waals surface area contributed by atoms with Crippen LogP contribution in [0.5, 0.6) is 0 Å². The van der Waals surface area contributed by atoms with Crippen LogP contribution in [0.3, 0.4) is 0 Å². The average molecular weight is 453 g/mol. The largest absolute Gasteiger partial charge is 0.316 e. The van der Waals surface area contributed by atoms with E-state index in [-0.39, 0.29) is 11.7 Å². The predicted molar refractivity (Wildman–Crippen MR) is 120 cm³/mol. The molecule has 0 radical (unpaired) electrons. The van der Waals surface area contributed by atoms with E-state index in [9.17, 15) is 10.1 Å². The lowest BCUT2D eigenvalue weighted by Crippen LogP contribution is -2.28. The summed E-state index contributed by atoms with van der Waals surface area (Å²) in [6.07, 6.45) is 6.14. The Morgan fingerprint density at radius 3 is 2.75 bits per heavy atom. The first-order chi connectivity index (χ1) is 13.4. The van der Waals surface area contributed by atoms with Gasteiger partial charge in [-0.15, -0.1) is 21.5 Å². The molecule has 3 rings (SSSR count). The SMILES string of the molecule is CCC(C)(C)C1CCc2c(sc(NC(=O)CSc3nnc(SC)s3)c2C#N)C1. The fourth-order valence-corrected chi connectivity index (χ4v) is 6.91. The van der Waals surface area contributed by atoms with Crippen molar-refractivity contribution in [1.82, 2.24) is 10.2 Å². The molecule has 1 atom stereocenters. The Morgan fingerprint density at radius 2 is 2.11 bits per heavy atom. The molecule has 28 heavy (non-hydrogen) atoms. The number of anilines is 1. The number of fused-ring (bicyclic) bond motifs is 1. The molecule has 0 fully saturated rings. The van der Waals surface area contributed by atoms with Crippen molar-refractivity contribution < 1.29 is 4.79 Å². The molecule has 2 aromatic heterocycles. The van der Waals surface area contributed by atoms with Crippen molar-refractivity contribution in [2.75, 3.05) is 17.3 Å². The van der Waals surface area contributed by atoms with E-state index in [2.05, 4.69) is 42.4 Å². The number of nitrogens with zero attached hydrogens (tertiary/aromatic N) is 3. The molecule has 1 aliphatic rings. The molecule has 5 nitrogen and oxygen atoms in total. The minimum Gasteiger partial charge on any atom is -0.316 e. The molecular weight excluding hydrogens is 429 g/mol. The van der Waals surface area contributed by atoms with Gasteiger partial charge < -0.3 is 5.32 Å². The first kappa shape index (κ1) is 21.6. The maximum absolute atomic E-state index is 12.4. The number of carbonyl (C=O) groups is 1. The predicted octanol–water partition coefficient (Wildman–Crippen LogP) is 5.47. The van der Waals surface area contributed by atoms with E-state index < -0.39 is 0 Å². The summed E-state index contributed by atoms with van der Waals surface area (Å²) < 4.78 is 1.68. The van der Waals surface area contributed by atoms with E-state index in [1.165, 1.54) is 28.0 Å². The molecule has 9 heteroatoms. The molecule has 2 heterocycles. The Balaban J connectivity index is 1.68. The number of thiophene rings is 1. The Kier molecular flexibility index (Phi) is 7.07. The zero-order valence-corrected chi connectivity index (χ0v) is 19.8. The van der Waals surface area contributed by atoms with Crippen molar-refractivity contribution in [2.24, 2.45) is 11.3 Å². The van der Waals surface area contributed by atoms with Crippen LogP contribution in [-0.2, 0) is 17.6 Å². The van der Waals surface area contributed by atoms with E-state index >= 15 is 0 Å². The Labute approximate surface area is 182 Å². The molecule has 0 spiro atoms. The molecule has 0 bridgehead atoms. The summed E-state index contributed by atoms with van der Waals surface area (Å²) >= 11 is 6.00. The van der Waals surface area contributed by atoms with Crippen LogP contribution in [0.15, 0.2) is 8.68 Å². The highest BCUT2D eigenvalue weighted by Crippen LogP contribution is 2.45. The van der Waals surface area contributed by atoms with Gasteiger partial charge in [-0.1, -0.05) is 62.1 Å². The molecule has 1 amide bonds. The number of hydrogen-bond acceptors (Lipinski definition) is 8. The highest BCUT2D eigenvalue weighted by molar-refractivity contribution is 8.03. The third-order valence-electron chi connectivity index (χ3n) is 5.54. The summed E-state index contributed by atoms with van der Waals surface area (Å²) in [6.45, 7) is 6.91. The summed E-state index contributed by atoms with van der Waals surface area (Å²) in [7, 11) is 0. The van der Waals surface area contributed by atoms with Crippen LogP contribution in [-0.4, -0.2) is 28.1 Å². The molecule has 0 aliphatic heterocycles. The fraction of sp³-hybridized carbons (Fsp3) is 0.579. The van der Waals surface area contributed by atoms with Gasteiger partial charge in [0.05, 0.1) is 11.3 Å². The van der Waals surface area contributed by atoms with Crippen molar-refractivity contribution in [3.05, 3.63) is 16.0 Å². The van der Waals surface area contributed by atoms with E-state index in [1.54, 1.807) is 23.1 Å². The van der Waals surface area contributed by atoms with Gasteiger partial charge in [0.25, 0.3) is 0 Å². The van der Waals surface area contributed by atoms with Gasteiger partial charge in [-0.25, -0.2) is 0 Å². The third kappa shape index (κ3) is 4.73. The quantitative estimate of drug-likeness (QED) is 0.562. The van der Waals surface area contributed by atoms with Gasteiger partial charge in [0.2, 0.25) is 5.91 Å². The highest BCUT2D eigenvalue weighted by atomic mass is 32.2. The van der Waals surface area contributed by atoms with Crippen LogP contribution >= 0.6 is 46.2 Å². The van der Waals surface area contributed by atoms with Gasteiger partial charge in [0.15, 0.2) is 8.68 Å². The van der Waals surface area contributed by atoms with Gasteiger partial charge in [0, 0.05) is 4.88 Å². The summed E-state index contributed by atoms with van der Waals surface area (Å²) in [5.74, 6) is 0.783. The molecule has 2 aromatic rings. The van der Waals surface area contributed by atoms with Crippen molar-refractivity contribution in [3.63, 3.8) is 0 Å². The maximum atomic E-state index is 12.4. The van der Waals surface area contributed by atoms with Crippen molar-refractivity contribution in [3.8, 4) is 6.07 Å². The number of hydrogen-bond donors (Lipinski definition) is 1. The molecule has 1 unspecified atom stereocenters. The second kappa shape index (κ2) is 9.16. The fourth-order valence-electron chi connectivity index (χ4n) is 3.38. The first-order valence-electron chi connectivity index (χ1n) is 9.22. The summed E-state index contributed by atoms with van der Waals surface area (Å²) in [5.41, 5.74) is 2.10. The smallest absolute Gasteiger partial charge is 0.235 e. The molecule has 0 aromatic carbocycles. The lowest BCUT2D eigenvalue weighted by Gasteiger charge is -2.36. The van der Waals surface area contributed by atoms with Crippen LogP contribution < -0.4 is 5.32 Å². The number of nitriles is 1. The minimum atomic E-state index is -0.105. The molecule has 150 valence electrons. The van der Waals surface area contributed by atoms with Gasteiger partial charge in [0.1, 0.15) is 11.1 Å². The van der Waals surface area contributed by atoms with Crippen LogP contribution in [0.25, 0.3) is 0 Å². The van der Waals surface area contributed by atoms with Crippen LogP contribution in [0.2, 0.25) is 0 Å². The van der Waals surface area contributed by atoms with Crippen LogP contribution in [0, 0.1) is 22.7 Å². The highest BCUT2D eigenvalue weighted by Gasteiger charge is 2.34. The van der Waals surface area contributed by atoms with Crippen molar-refractivity contribution in [2.45, 2.75) is 55.1 Å². The molecule has 0 saturated heterocycles. The van der Waals surface area contributed by atoms with Gasteiger partial charge in [-0.05, 0) is 42.4 Å². The molecule has 1 N–H and O–H groups in total. The van der Waals surface area contributed by atoms with Gasteiger partial charge in [-0.3, -0.25) is 4.79 Å². The average Bonchev–Trinajstić information content (AvgIpc) is 3.29. The third-order valence-corrected chi connectivity index (χ3v) is 9.74. The summed E-state index contributed by atoms with van der Waals surface area (Å²) in [4.78, 5) is 13.7. The zero-order valence-electron chi connectivity index (χ0n) is 16.5. The lowest BCUT2D eigenvalue weighted by atomic mass is 9.69. The lowest BCUT2D eigenvalue weighted by molar-refractivity contribution is -0.113. The number of thioether (sulfide) groups is 2. The number of amides is 1. The monoisotopic (exact) mass is 452 g/mol. The zero-order chi connectivity index (χ0) is 20.3. The van der Waals surface area contributed by atoms with Gasteiger partial charge in [-0.2, -0.15) is 5.26 Å². The molecule has 0 saturated carbocycles.